The van der Waals surface area contributed by atoms with Crippen molar-refractivity contribution < 1.29 is 27.8 Å². The average molecular weight is 158 g/mol. The minimum atomic E-state index is -4.19. The van der Waals surface area contributed by atoms with E-state index in [0.29, 0.717) is 7.11 Å². The molecule has 1 unspecified atom stereocenters. The molecule has 0 aromatic heterocycles. The zero-order valence-electron chi connectivity index (χ0n) is 4.97. The van der Waals surface area contributed by atoms with Crippen LogP contribution in [0.1, 0.15) is 0 Å². The van der Waals surface area contributed by atoms with Gasteiger partial charge in [-0.05, 0) is 0 Å². The van der Waals surface area contributed by atoms with E-state index < -0.39 is 18.2 Å². The fourth-order valence-corrected chi connectivity index (χ4v) is 0.232. The molecule has 0 bridgehead atoms. The molecule has 0 radical (unpaired) electrons. The average Bonchev–Trinajstić information content (AvgIpc) is 1.86. The number of hydrogen-bond donors (Lipinski definition) is 1. The highest BCUT2D eigenvalue weighted by Crippen LogP contribution is 2.18. The fraction of sp³-hybridized carbons (Fsp3) is 0.750. The summed E-state index contributed by atoms with van der Waals surface area (Å²) in [6, 6.07) is 0. The van der Waals surface area contributed by atoms with Crippen molar-refractivity contribution >= 4 is 5.97 Å². The first kappa shape index (κ1) is 9.22. The minimum absolute atomic E-state index is 0.690. The van der Waals surface area contributed by atoms with E-state index in [2.05, 4.69) is 4.74 Å². The highest BCUT2D eigenvalue weighted by molar-refractivity contribution is 5.77. The third-order valence-electron chi connectivity index (χ3n) is 0.761. The summed E-state index contributed by atoms with van der Waals surface area (Å²) in [7, 11) is 0.690. The molecule has 10 heavy (non-hydrogen) atoms. The Morgan fingerprint density at radius 1 is 1.70 bits per heavy atom. The lowest BCUT2D eigenvalue weighted by molar-refractivity contribution is -0.215. The molecule has 0 aliphatic carbocycles. The van der Waals surface area contributed by atoms with Gasteiger partial charge in [-0.25, -0.2) is 13.6 Å². The molecule has 0 spiro atoms. The summed E-state index contributed by atoms with van der Waals surface area (Å²) in [4.78, 5) is 9.95. The van der Waals surface area contributed by atoms with E-state index in [-0.39, 0.29) is 0 Å². The van der Waals surface area contributed by atoms with Crippen molar-refractivity contribution in [1.82, 2.24) is 0 Å². The summed E-state index contributed by atoms with van der Waals surface area (Å²) in [5, 5.41) is 7.97. The van der Waals surface area contributed by atoms with Crippen LogP contribution in [0.4, 0.5) is 13.2 Å². The van der Waals surface area contributed by atoms with Gasteiger partial charge in [0.05, 0.1) is 7.11 Å². The molecule has 0 rings (SSSR count). The van der Waals surface area contributed by atoms with E-state index in [0.717, 1.165) is 0 Å². The van der Waals surface area contributed by atoms with Crippen LogP contribution in [-0.4, -0.2) is 30.5 Å². The highest BCUT2D eigenvalue weighted by atomic mass is 19.3. The summed E-state index contributed by atoms with van der Waals surface area (Å²) < 4.78 is 38.1. The fourth-order valence-electron chi connectivity index (χ4n) is 0.232. The van der Waals surface area contributed by atoms with Crippen molar-refractivity contribution in [3.8, 4) is 0 Å². The Hall–Kier alpha value is -0.780. The Balaban J connectivity index is 4.24. The lowest BCUT2D eigenvalue weighted by Gasteiger charge is -2.13. The van der Waals surface area contributed by atoms with Gasteiger partial charge >= 0.3 is 18.2 Å². The van der Waals surface area contributed by atoms with Crippen molar-refractivity contribution in [3.63, 3.8) is 0 Å². The number of esters is 1. The predicted molar refractivity (Wildman–Crippen MR) is 24.1 cm³/mol. The van der Waals surface area contributed by atoms with Crippen LogP contribution in [-0.2, 0) is 9.53 Å². The number of carbonyl (C=O) groups excluding carboxylic acids is 1. The molecule has 1 N–H and O–H groups in total. The van der Waals surface area contributed by atoms with E-state index in [4.69, 9.17) is 5.11 Å². The maximum absolute atomic E-state index is 11.9. The van der Waals surface area contributed by atoms with Crippen LogP contribution in [0.3, 0.4) is 0 Å². The Morgan fingerprint density at radius 3 is 2.20 bits per heavy atom. The quantitative estimate of drug-likeness (QED) is 0.579. The topological polar surface area (TPSA) is 46.5 Å². The number of ether oxygens (including phenoxy) is 1. The Labute approximate surface area is 54.4 Å². The van der Waals surface area contributed by atoms with Crippen LogP contribution in [0.15, 0.2) is 0 Å². The van der Waals surface area contributed by atoms with Gasteiger partial charge in [0.15, 0.2) is 0 Å². The van der Waals surface area contributed by atoms with Crippen molar-refractivity contribution in [2.75, 3.05) is 7.11 Å². The number of hydrogen-bond acceptors (Lipinski definition) is 3. The van der Waals surface area contributed by atoms with E-state index >= 15 is 0 Å². The van der Waals surface area contributed by atoms with Gasteiger partial charge in [-0.15, -0.1) is 0 Å². The van der Waals surface area contributed by atoms with Crippen molar-refractivity contribution in [3.05, 3.63) is 0 Å². The van der Waals surface area contributed by atoms with E-state index in [9.17, 15) is 18.0 Å². The second-order valence-electron chi connectivity index (χ2n) is 1.47. The Morgan fingerprint density at radius 2 is 2.10 bits per heavy atom. The maximum Gasteiger partial charge on any atom is 0.377 e. The minimum Gasteiger partial charge on any atom is -0.465 e. The highest BCUT2D eigenvalue weighted by Gasteiger charge is 2.47. The van der Waals surface area contributed by atoms with E-state index in [1.165, 1.54) is 0 Å². The summed E-state index contributed by atoms with van der Waals surface area (Å²) in [5.74, 6) is -6.18. The Kier molecular flexibility index (Phi) is 2.65. The predicted octanol–water partition coefficient (Wildman–Crippen LogP) is 0.0826. The van der Waals surface area contributed by atoms with Gasteiger partial charge in [0, 0.05) is 0 Å². The number of aliphatic hydroxyl groups is 1. The van der Waals surface area contributed by atoms with Gasteiger partial charge in [0.2, 0.25) is 0 Å². The van der Waals surface area contributed by atoms with Crippen LogP contribution in [0, 0.1) is 0 Å². The molecule has 0 aliphatic rings. The van der Waals surface area contributed by atoms with Crippen LogP contribution < -0.4 is 0 Å². The number of alkyl halides is 3. The summed E-state index contributed by atoms with van der Waals surface area (Å²) >= 11 is 0. The molecule has 60 valence electrons. The van der Waals surface area contributed by atoms with Gasteiger partial charge in [-0.3, -0.25) is 0 Å². The lowest BCUT2D eigenvalue weighted by atomic mass is 10.3. The van der Waals surface area contributed by atoms with Crippen LogP contribution in [0.5, 0.6) is 0 Å². The van der Waals surface area contributed by atoms with Crippen molar-refractivity contribution in [1.29, 1.82) is 0 Å². The normalized spacial score (nSPS) is 16.6. The molecule has 1 atom stereocenters. The molecule has 0 aromatic rings. The number of carbonyl (C=O) groups is 1. The Bertz CT molecular complexity index is 134. The molecular weight excluding hydrogens is 153 g/mol. The van der Waals surface area contributed by atoms with Crippen LogP contribution in [0.25, 0.3) is 0 Å². The molecule has 0 saturated heterocycles. The standard InChI is InChI=1S/C4H5F3O3/c1-10-3(8)4(7,9)2(5)6/h2,9H,1H3. The molecule has 6 heteroatoms. The molecule has 0 fully saturated rings. The van der Waals surface area contributed by atoms with Gasteiger partial charge in [0.25, 0.3) is 0 Å². The zero-order valence-corrected chi connectivity index (χ0v) is 4.97. The van der Waals surface area contributed by atoms with E-state index in [1.807, 2.05) is 0 Å². The lowest BCUT2D eigenvalue weighted by Crippen LogP contribution is -2.41. The second kappa shape index (κ2) is 2.87. The molecule has 0 saturated carbocycles. The summed E-state index contributed by atoms with van der Waals surface area (Å²) in [6.07, 6.45) is -3.79. The summed E-state index contributed by atoms with van der Waals surface area (Å²) in [6.45, 7) is 0. The third kappa shape index (κ3) is 1.60. The molecule has 0 aliphatic heterocycles. The number of methoxy groups -OCH3 is 1. The van der Waals surface area contributed by atoms with Crippen LogP contribution in [0.2, 0.25) is 0 Å². The van der Waals surface area contributed by atoms with Crippen molar-refractivity contribution in [2.45, 2.75) is 12.3 Å². The third-order valence-corrected chi connectivity index (χ3v) is 0.761. The first-order chi connectivity index (χ1) is 4.42. The van der Waals surface area contributed by atoms with Crippen LogP contribution >= 0.6 is 0 Å². The van der Waals surface area contributed by atoms with Gasteiger partial charge in [-0.1, -0.05) is 0 Å². The molecular formula is C4H5F3O3. The molecule has 0 amide bonds. The summed E-state index contributed by atoms with van der Waals surface area (Å²) in [5.41, 5.74) is 0. The SMILES string of the molecule is COC(=O)C(O)(F)C(F)F. The van der Waals surface area contributed by atoms with Gasteiger partial charge in [-0.2, -0.15) is 4.39 Å². The molecule has 0 aromatic carbocycles. The van der Waals surface area contributed by atoms with E-state index in [1.54, 1.807) is 0 Å². The first-order valence-electron chi connectivity index (χ1n) is 2.20. The largest absolute Gasteiger partial charge is 0.465 e. The van der Waals surface area contributed by atoms with Gasteiger partial charge < -0.3 is 9.84 Å². The number of halogens is 3. The van der Waals surface area contributed by atoms with Crippen molar-refractivity contribution in [2.24, 2.45) is 0 Å². The van der Waals surface area contributed by atoms with Gasteiger partial charge in [0.1, 0.15) is 0 Å². The second-order valence-corrected chi connectivity index (χ2v) is 1.47. The zero-order chi connectivity index (χ0) is 8.36. The molecule has 3 nitrogen and oxygen atoms in total. The number of rotatable bonds is 2. The first-order valence-corrected chi connectivity index (χ1v) is 2.20. The smallest absolute Gasteiger partial charge is 0.377 e. The monoisotopic (exact) mass is 158 g/mol. The molecule has 0 heterocycles. The maximum atomic E-state index is 11.9.